The van der Waals surface area contributed by atoms with Crippen LogP contribution in [0.5, 0.6) is 11.5 Å². The topological polar surface area (TPSA) is 76.7 Å². The van der Waals surface area contributed by atoms with Crippen LogP contribution in [-0.2, 0) is 4.79 Å². The quantitative estimate of drug-likeness (QED) is 0.563. The summed E-state index contributed by atoms with van der Waals surface area (Å²) in [6, 6.07) is 2.46. The molecular weight excluding hydrogens is 447 g/mol. The summed E-state index contributed by atoms with van der Waals surface area (Å²) >= 11 is 0. The standard InChI is InChI=1S/C28H37FN2O4/c1-28(2)11-9-19(10-12-28)35-23-14-20(22(34-3)15-21(23)29)26(32)31-25-17-8-7-16(13-17)24(25)27(33)30-18-5-4-6-18/h5,14-17,19,24-25H,4,6-13H2,1-3H3,(H,30,33)(H,31,32)/t16-,17-,24-,25+/m0/s1. The molecule has 1 aromatic carbocycles. The first-order chi connectivity index (χ1) is 16.7. The van der Waals surface area contributed by atoms with Gasteiger partial charge >= 0.3 is 0 Å². The number of benzene rings is 1. The number of carbonyl (C=O) groups is 2. The van der Waals surface area contributed by atoms with Crippen LogP contribution in [0.2, 0.25) is 0 Å². The van der Waals surface area contributed by atoms with Crippen molar-refractivity contribution in [2.45, 2.75) is 83.8 Å². The third-order valence-electron chi connectivity index (χ3n) is 8.68. The molecule has 2 amide bonds. The van der Waals surface area contributed by atoms with E-state index in [4.69, 9.17) is 9.47 Å². The van der Waals surface area contributed by atoms with Crippen molar-refractivity contribution in [3.63, 3.8) is 0 Å². The summed E-state index contributed by atoms with van der Waals surface area (Å²) in [7, 11) is 1.43. The Morgan fingerprint density at radius 1 is 1.06 bits per heavy atom. The summed E-state index contributed by atoms with van der Waals surface area (Å²) in [5, 5.41) is 6.18. The minimum Gasteiger partial charge on any atom is -0.496 e. The number of nitrogens with one attached hydrogen (secondary N) is 2. The number of allylic oxidation sites excluding steroid dienone is 2. The molecule has 190 valence electrons. The largest absolute Gasteiger partial charge is 0.496 e. The van der Waals surface area contributed by atoms with Crippen molar-refractivity contribution in [3.8, 4) is 11.5 Å². The van der Waals surface area contributed by atoms with Crippen molar-refractivity contribution in [2.24, 2.45) is 23.2 Å². The third-order valence-corrected chi connectivity index (χ3v) is 8.68. The molecule has 5 rings (SSSR count). The van der Waals surface area contributed by atoms with E-state index in [-0.39, 0.29) is 64.2 Å². The highest BCUT2D eigenvalue weighted by Crippen LogP contribution is 2.49. The second-order valence-electron chi connectivity index (χ2n) is 11.6. The fourth-order valence-corrected chi connectivity index (χ4v) is 6.39. The lowest BCUT2D eigenvalue weighted by molar-refractivity contribution is -0.126. The van der Waals surface area contributed by atoms with Gasteiger partial charge in [0.2, 0.25) is 5.91 Å². The molecule has 3 fully saturated rings. The van der Waals surface area contributed by atoms with E-state index in [1.165, 1.54) is 19.2 Å². The molecule has 7 heteroatoms. The van der Waals surface area contributed by atoms with Crippen molar-refractivity contribution >= 4 is 11.8 Å². The number of hydrogen-bond donors (Lipinski definition) is 2. The zero-order valence-corrected chi connectivity index (χ0v) is 21.0. The second kappa shape index (κ2) is 9.47. The summed E-state index contributed by atoms with van der Waals surface area (Å²) in [4.78, 5) is 26.5. The Morgan fingerprint density at radius 3 is 2.43 bits per heavy atom. The molecule has 35 heavy (non-hydrogen) atoms. The van der Waals surface area contributed by atoms with Gasteiger partial charge in [-0.3, -0.25) is 9.59 Å². The molecule has 0 heterocycles. The average Bonchev–Trinajstić information content (AvgIpc) is 3.40. The van der Waals surface area contributed by atoms with Crippen molar-refractivity contribution < 1.29 is 23.5 Å². The summed E-state index contributed by atoms with van der Waals surface area (Å²) in [5.74, 6) is -0.307. The van der Waals surface area contributed by atoms with Crippen molar-refractivity contribution in [3.05, 3.63) is 35.3 Å². The molecule has 0 aliphatic heterocycles. The summed E-state index contributed by atoms with van der Waals surface area (Å²) < 4.78 is 26.2. The molecule has 0 spiro atoms. The maximum Gasteiger partial charge on any atom is 0.255 e. The second-order valence-corrected chi connectivity index (χ2v) is 11.6. The highest BCUT2D eigenvalue weighted by atomic mass is 19.1. The molecule has 4 atom stereocenters. The molecule has 0 radical (unpaired) electrons. The number of methoxy groups -OCH3 is 1. The molecule has 0 saturated heterocycles. The maximum absolute atomic E-state index is 14.8. The lowest BCUT2D eigenvalue weighted by Gasteiger charge is -2.34. The average molecular weight is 485 g/mol. The van der Waals surface area contributed by atoms with E-state index in [0.717, 1.165) is 63.5 Å². The predicted octanol–water partition coefficient (Wildman–Crippen LogP) is 5.12. The Morgan fingerprint density at radius 2 is 1.77 bits per heavy atom. The Balaban J connectivity index is 1.32. The fourth-order valence-electron chi connectivity index (χ4n) is 6.39. The SMILES string of the molecule is COc1cc(F)c(OC2CCC(C)(C)CC2)cc1C(=O)N[C@@H]1[C@H]2CC[C@@H](C2)[C@@H]1C(=O)NC1=CCC1. The number of rotatable bonds is 7. The van der Waals surface area contributed by atoms with Crippen molar-refractivity contribution in [2.75, 3.05) is 7.11 Å². The highest BCUT2D eigenvalue weighted by molar-refractivity contribution is 5.98. The van der Waals surface area contributed by atoms with Gasteiger partial charge in [0.25, 0.3) is 5.91 Å². The minimum atomic E-state index is -0.533. The number of ether oxygens (including phenoxy) is 2. The number of halogens is 1. The van der Waals surface area contributed by atoms with Gasteiger partial charge in [0.1, 0.15) is 5.75 Å². The first-order valence-corrected chi connectivity index (χ1v) is 13.1. The van der Waals surface area contributed by atoms with E-state index < -0.39 is 5.82 Å². The minimum absolute atomic E-state index is 0.00349. The molecule has 6 nitrogen and oxygen atoms in total. The Hall–Kier alpha value is -2.57. The zero-order chi connectivity index (χ0) is 24.7. The van der Waals surface area contributed by atoms with Crippen LogP contribution >= 0.6 is 0 Å². The first kappa shape index (κ1) is 24.1. The Kier molecular flexibility index (Phi) is 6.53. The van der Waals surface area contributed by atoms with Gasteiger partial charge in [-0.05, 0) is 81.1 Å². The van der Waals surface area contributed by atoms with Crippen LogP contribution in [0.15, 0.2) is 23.9 Å². The van der Waals surface area contributed by atoms with Crippen LogP contribution in [0, 0.1) is 29.0 Å². The van der Waals surface area contributed by atoms with Gasteiger partial charge in [0, 0.05) is 17.8 Å². The Labute approximate surface area is 207 Å². The van der Waals surface area contributed by atoms with E-state index in [1.807, 2.05) is 6.08 Å². The number of carbonyl (C=O) groups excluding carboxylic acids is 2. The highest BCUT2D eigenvalue weighted by Gasteiger charge is 2.51. The summed E-state index contributed by atoms with van der Waals surface area (Å²) in [6.07, 6.45) is 10.6. The molecule has 3 saturated carbocycles. The number of fused-ring (bicyclic) bond motifs is 2. The van der Waals surface area contributed by atoms with Gasteiger partial charge in [-0.25, -0.2) is 4.39 Å². The third kappa shape index (κ3) is 4.91. The van der Waals surface area contributed by atoms with Gasteiger partial charge < -0.3 is 20.1 Å². The Bertz CT molecular complexity index is 1030. The monoisotopic (exact) mass is 484 g/mol. The lowest BCUT2D eigenvalue weighted by atomic mass is 9.76. The van der Waals surface area contributed by atoms with Crippen LogP contribution < -0.4 is 20.1 Å². The molecule has 4 aliphatic carbocycles. The van der Waals surface area contributed by atoms with Gasteiger partial charge in [-0.1, -0.05) is 19.9 Å². The van der Waals surface area contributed by atoms with Gasteiger partial charge in [0.05, 0.1) is 24.7 Å². The fraction of sp³-hybridized carbons (Fsp3) is 0.643. The molecule has 0 aromatic heterocycles. The van der Waals surface area contributed by atoms with Crippen molar-refractivity contribution in [1.29, 1.82) is 0 Å². The molecular formula is C28H37FN2O4. The van der Waals surface area contributed by atoms with Crippen LogP contribution in [0.1, 0.15) is 82.0 Å². The van der Waals surface area contributed by atoms with E-state index in [2.05, 4.69) is 24.5 Å². The van der Waals surface area contributed by atoms with E-state index in [9.17, 15) is 14.0 Å². The first-order valence-electron chi connectivity index (χ1n) is 13.1. The smallest absolute Gasteiger partial charge is 0.255 e. The summed E-state index contributed by atoms with van der Waals surface area (Å²) in [6.45, 7) is 4.48. The van der Waals surface area contributed by atoms with Gasteiger partial charge in [-0.15, -0.1) is 0 Å². The van der Waals surface area contributed by atoms with E-state index in [0.29, 0.717) is 0 Å². The molecule has 0 unspecified atom stereocenters. The van der Waals surface area contributed by atoms with E-state index >= 15 is 0 Å². The van der Waals surface area contributed by atoms with Gasteiger partial charge in [0.15, 0.2) is 11.6 Å². The zero-order valence-electron chi connectivity index (χ0n) is 21.0. The van der Waals surface area contributed by atoms with E-state index in [1.54, 1.807) is 0 Å². The van der Waals surface area contributed by atoms with Crippen LogP contribution in [0.25, 0.3) is 0 Å². The van der Waals surface area contributed by atoms with Crippen LogP contribution in [0.4, 0.5) is 4.39 Å². The van der Waals surface area contributed by atoms with Crippen LogP contribution in [-0.4, -0.2) is 31.1 Å². The van der Waals surface area contributed by atoms with Gasteiger partial charge in [-0.2, -0.15) is 0 Å². The lowest BCUT2D eigenvalue weighted by Crippen LogP contribution is -2.50. The molecule has 1 aromatic rings. The normalized spacial score (nSPS) is 29.2. The molecule has 2 bridgehead atoms. The summed E-state index contributed by atoms with van der Waals surface area (Å²) in [5.41, 5.74) is 1.50. The van der Waals surface area contributed by atoms with Crippen LogP contribution in [0.3, 0.4) is 0 Å². The molecule has 4 aliphatic rings. The maximum atomic E-state index is 14.8. The molecule has 2 N–H and O–H groups in total. The number of hydrogen-bond acceptors (Lipinski definition) is 4. The van der Waals surface area contributed by atoms with Crippen molar-refractivity contribution in [1.82, 2.24) is 10.6 Å². The number of amides is 2. The predicted molar refractivity (Wildman–Crippen MR) is 131 cm³/mol.